The van der Waals surface area contributed by atoms with Crippen LogP contribution in [0.3, 0.4) is 0 Å². The molecule has 9 heteroatoms. The summed E-state index contributed by atoms with van der Waals surface area (Å²) in [5.41, 5.74) is 5.88. The summed E-state index contributed by atoms with van der Waals surface area (Å²) in [5, 5.41) is 2.42. The van der Waals surface area contributed by atoms with Crippen LogP contribution in [0.15, 0.2) is 42.7 Å². The molecule has 1 fully saturated rings. The van der Waals surface area contributed by atoms with E-state index >= 15 is 0 Å². The van der Waals surface area contributed by atoms with Gasteiger partial charge in [0, 0.05) is 18.3 Å². The van der Waals surface area contributed by atoms with E-state index in [0.29, 0.717) is 24.9 Å². The van der Waals surface area contributed by atoms with E-state index in [2.05, 4.69) is 10.3 Å². The van der Waals surface area contributed by atoms with Gasteiger partial charge in [0.25, 0.3) is 6.43 Å². The van der Waals surface area contributed by atoms with Gasteiger partial charge in [-0.1, -0.05) is 18.2 Å². The molecule has 29 heavy (non-hydrogen) atoms. The SMILES string of the molecule is NC(=O)c1cncc(NC(=O)C(=O)N2CCCC[C@H]2c2cccc(C(F)F)c2)c1. The molecule has 3 N–H and O–H groups in total. The summed E-state index contributed by atoms with van der Waals surface area (Å²) >= 11 is 0. The quantitative estimate of drug-likeness (QED) is 0.767. The van der Waals surface area contributed by atoms with Gasteiger partial charge in [-0.25, -0.2) is 8.78 Å². The first kappa shape index (κ1) is 20.4. The lowest BCUT2D eigenvalue weighted by atomic mass is 9.94. The number of nitrogens with one attached hydrogen (secondary N) is 1. The molecule has 0 radical (unpaired) electrons. The van der Waals surface area contributed by atoms with Crippen LogP contribution in [0.5, 0.6) is 0 Å². The number of hydrogen-bond donors (Lipinski definition) is 2. The number of rotatable bonds is 4. The van der Waals surface area contributed by atoms with Gasteiger partial charge in [0.2, 0.25) is 5.91 Å². The third kappa shape index (κ3) is 4.74. The number of carbonyl (C=O) groups is 3. The largest absolute Gasteiger partial charge is 0.366 e. The fraction of sp³-hybridized carbons (Fsp3) is 0.300. The maximum absolute atomic E-state index is 13.0. The van der Waals surface area contributed by atoms with Crippen molar-refractivity contribution in [2.75, 3.05) is 11.9 Å². The summed E-state index contributed by atoms with van der Waals surface area (Å²) in [5.74, 6) is -2.39. The topological polar surface area (TPSA) is 105 Å². The monoisotopic (exact) mass is 402 g/mol. The molecule has 1 aromatic carbocycles. The number of likely N-dealkylation sites (tertiary alicyclic amines) is 1. The van der Waals surface area contributed by atoms with E-state index in [1.807, 2.05) is 0 Å². The lowest BCUT2D eigenvalue weighted by Crippen LogP contribution is -2.44. The van der Waals surface area contributed by atoms with Gasteiger partial charge in [0.05, 0.1) is 23.5 Å². The zero-order valence-electron chi connectivity index (χ0n) is 15.5. The molecule has 0 bridgehead atoms. The number of nitrogens with zero attached hydrogens (tertiary/aromatic N) is 2. The van der Waals surface area contributed by atoms with Crippen molar-refractivity contribution in [1.29, 1.82) is 0 Å². The summed E-state index contributed by atoms with van der Waals surface area (Å²) < 4.78 is 26.1. The van der Waals surface area contributed by atoms with Crippen molar-refractivity contribution in [2.24, 2.45) is 5.73 Å². The van der Waals surface area contributed by atoms with Crippen LogP contribution in [0.4, 0.5) is 14.5 Å². The van der Waals surface area contributed by atoms with Gasteiger partial charge >= 0.3 is 11.8 Å². The van der Waals surface area contributed by atoms with Crippen LogP contribution in [0.2, 0.25) is 0 Å². The molecule has 0 saturated carbocycles. The van der Waals surface area contributed by atoms with Crippen molar-refractivity contribution in [1.82, 2.24) is 9.88 Å². The van der Waals surface area contributed by atoms with Crippen molar-refractivity contribution in [2.45, 2.75) is 31.7 Å². The number of primary amides is 1. The summed E-state index contributed by atoms with van der Waals surface area (Å²) in [4.78, 5) is 41.7. The number of carbonyl (C=O) groups excluding carboxylic acids is 3. The van der Waals surface area contributed by atoms with E-state index < -0.39 is 30.2 Å². The Labute approximate surface area is 165 Å². The zero-order chi connectivity index (χ0) is 21.0. The maximum Gasteiger partial charge on any atom is 0.313 e. The molecule has 2 heterocycles. The number of benzene rings is 1. The number of halogens is 2. The maximum atomic E-state index is 13.0. The Morgan fingerprint density at radius 2 is 1.97 bits per heavy atom. The zero-order valence-corrected chi connectivity index (χ0v) is 15.5. The van der Waals surface area contributed by atoms with Gasteiger partial charge in [-0.2, -0.15) is 0 Å². The van der Waals surface area contributed by atoms with Crippen LogP contribution in [0.1, 0.15) is 53.2 Å². The van der Waals surface area contributed by atoms with Crippen molar-refractivity contribution < 1.29 is 23.2 Å². The molecule has 0 spiro atoms. The Morgan fingerprint density at radius 1 is 1.17 bits per heavy atom. The first-order valence-electron chi connectivity index (χ1n) is 9.11. The van der Waals surface area contributed by atoms with E-state index in [1.54, 1.807) is 6.07 Å². The lowest BCUT2D eigenvalue weighted by Gasteiger charge is -2.35. The molecule has 1 atom stereocenters. The Bertz CT molecular complexity index is 935. The van der Waals surface area contributed by atoms with Crippen LogP contribution in [-0.4, -0.2) is 34.2 Å². The highest BCUT2D eigenvalue weighted by Crippen LogP contribution is 2.33. The second-order valence-electron chi connectivity index (χ2n) is 6.76. The predicted octanol–water partition coefficient (Wildman–Crippen LogP) is 2.81. The predicted molar refractivity (Wildman–Crippen MR) is 101 cm³/mol. The number of amides is 3. The number of pyridine rings is 1. The van der Waals surface area contributed by atoms with Crippen molar-refractivity contribution in [3.8, 4) is 0 Å². The number of hydrogen-bond acceptors (Lipinski definition) is 4. The summed E-state index contributed by atoms with van der Waals surface area (Å²) in [7, 11) is 0. The number of anilines is 1. The first-order valence-corrected chi connectivity index (χ1v) is 9.11. The Balaban J connectivity index is 1.78. The summed E-state index contributed by atoms with van der Waals surface area (Å²) in [6.07, 6.45) is 2.02. The number of piperidine rings is 1. The van der Waals surface area contributed by atoms with Gasteiger partial charge in [-0.3, -0.25) is 19.4 Å². The van der Waals surface area contributed by atoms with Crippen LogP contribution in [-0.2, 0) is 9.59 Å². The minimum absolute atomic E-state index is 0.0925. The van der Waals surface area contributed by atoms with Gasteiger partial charge in [-0.15, -0.1) is 0 Å². The van der Waals surface area contributed by atoms with Gasteiger partial charge < -0.3 is 16.0 Å². The minimum atomic E-state index is -2.61. The van der Waals surface area contributed by atoms with E-state index in [9.17, 15) is 23.2 Å². The molecule has 3 rings (SSSR count). The summed E-state index contributed by atoms with van der Waals surface area (Å²) in [6.45, 7) is 0.343. The van der Waals surface area contributed by atoms with Crippen molar-refractivity contribution >= 4 is 23.4 Å². The molecular weight excluding hydrogens is 382 g/mol. The molecule has 1 aromatic heterocycles. The fourth-order valence-corrected chi connectivity index (χ4v) is 3.38. The number of nitrogens with two attached hydrogens (primary N) is 1. The highest BCUT2D eigenvalue weighted by molar-refractivity contribution is 6.39. The standard InChI is InChI=1S/C20H20F2N4O3/c21-17(22)13-5-3-4-12(8-13)16-6-1-2-7-26(16)20(29)19(28)25-15-9-14(18(23)27)10-24-11-15/h3-5,8-11,16-17H,1-2,6-7H2,(H2,23,27)(H,25,28)/t16-/m0/s1. The third-order valence-corrected chi connectivity index (χ3v) is 4.79. The third-order valence-electron chi connectivity index (χ3n) is 4.79. The van der Waals surface area contributed by atoms with Crippen molar-refractivity contribution in [3.05, 3.63) is 59.4 Å². The molecule has 1 aliphatic rings. The average molecular weight is 402 g/mol. The normalized spacial score (nSPS) is 16.5. The lowest BCUT2D eigenvalue weighted by molar-refractivity contribution is -0.145. The Morgan fingerprint density at radius 3 is 2.69 bits per heavy atom. The Hall–Kier alpha value is -3.36. The minimum Gasteiger partial charge on any atom is -0.366 e. The number of alkyl halides is 2. The molecule has 1 aliphatic heterocycles. The van der Waals surface area contributed by atoms with E-state index in [1.165, 1.54) is 41.6 Å². The fourth-order valence-electron chi connectivity index (χ4n) is 3.38. The average Bonchev–Trinajstić information content (AvgIpc) is 2.73. The second-order valence-corrected chi connectivity index (χ2v) is 6.76. The molecular formula is C20H20F2N4O3. The Kier molecular flexibility index (Phi) is 6.16. The molecule has 7 nitrogen and oxygen atoms in total. The summed E-state index contributed by atoms with van der Waals surface area (Å²) in [6, 6.07) is 6.76. The molecule has 0 unspecified atom stereocenters. The van der Waals surface area contributed by atoms with Gasteiger partial charge in [-0.05, 0) is 37.0 Å². The van der Waals surface area contributed by atoms with E-state index in [-0.39, 0.29) is 16.8 Å². The van der Waals surface area contributed by atoms with Crippen molar-refractivity contribution in [3.63, 3.8) is 0 Å². The first-order chi connectivity index (χ1) is 13.9. The second kappa shape index (κ2) is 8.76. The molecule has 1 saturated heterocycles. The highest BCUT2D eigenvalue weighted by Gasteiger charge is 2.32. The van der Waals surface area contributed by atoms with Crippen LogP contribution in [0, 0.1) is 0 Å². The number of aromatic nitrogens is 1. The molecule has 3 amide bonds. The van der Waals surface area contributed by atoms with E-state index in [0.717, 1.165) is 6.42 Å². The van der Waals surface area contributed by atoms with Gasteiger partial charge in [0.1, 0.15) is 0 Å². The molecule has 0 aliphatic carbocycles. The van der Waals surface area contributed by atoms with Crippen LogP contribution < -0.4 is 11.1 Å². The smallest absolute Gasteiger partial charge is 0.313 e. The van der Waals surface area contributed by atoms with Gasteiger partial charge in [0.15, 0.2) is 0 Å². The van der Waals surface area contributed by atoms with Crippen LogP contribution in [0.25, 0.3) is 0 Å². The van der Waals surface area contributed by atoms with Crippen LogP contribution >= 0.6 is 0 Å². The highest BCUT2D eigenvalue weighted by atomic mass is 19.3. The molecule has 152 valence electrons. The van der Waals surface area contributed by atoms with E-state index in [4.69, 9.17) is 5.73 Å². The molecule has 2 aromatic rings.